The van der Waals surface area contributed by atoms with Crippen molar-refractivity contribution >= 4 is 11.4 Å². The molecule has 308 valence electrons. The van der Waals surface area contributed by atoms with Crippen molar-refractivity contribution in [2.75, 3.05) is 6.54 Å². The van der Waals surface area contributed by atoms with Crippen molar-refractivity contribution in [3.8, 4) is 11.4 Å². The van der Waals surface area contributed by atoms with Crippen LogP contribution >= 0.6 is 0 Å². The Balaban J connectivity index is 0.000000554. The fourth-order valence-electron chi connectivity index (χ4n) is 7.47. The van der Waals surface area contributed by atoms with Gasteiger partial charge in [0.25, 0.3) is 0 Å². The van der Waals surface area contributed by atoms with Gasteiger partial charge in [-0.25, -0.2) is 0 Å². The molecule has 0 spiro atoms. The van der Waals surface area contributed by atoms with Gasteiger partial charge in [0.1, 0.15) is 0 Å². The summed E-state index contributed by atoms with van der Waals surface area (Å²) >= 11 is 0. The minimum Gasteiger partial charge on any atom is -0.656 e. The first-order valence-corrected chi connectivity index (χ1v) is 20.9. The Morgan fingerprint density at radius 1 is 0.614 bits per heavy atom. The molecular formula is C51H75N5Zr. The maximum atomic E-state index is 11.5. The summed E-state index contributed by atoms with van der Waals surface area (Å²) < 4.78 is 3.93. The first-order valence-electron chi connectivity index (χ1n) is 20.9. The van der Waals surface area contributed by atoms with Gasteiger partial charge in [0.15, 0.2) is 0 Å². The van der Waals surface area contributed by atoms with E-state index in [9.17, 15) is 5.41 Å². The Hall–Kier alpha value is -3.24. The van der Waals surface area contributed by atoms with Crippen LogP contribution in [-0.2, 0) is 26.2 Å². The standard InChI is InChI=1S/C27H36N3.C22H33N2.2CH3.Zr/c1-17(2)21-11-9-12-22(18(3)4)25(21)29-15-16-30(27(29)28)26-23(19(5)6)13-10-14-24(26)20(7)8;1-6-7-15-23-20-13-8-9-14-21(20)24-22-18(16(2)3)11-10-12-19(22)17(4)5;;;/h9-20H,1-8H3;10-12,14,16-17H,6-9,13,15H2,1-5H3;2*1H3;/q4*-1;+4. The van der Waals surface area contributed by atoms with Crippen molar-refractivity contribution in [1.29, 1.82) is 0 Å². The normalized spacial score (nSPS) is 13.4. The van der Waals surface area contributed by atoms with Crippen molar-refractivity contribution in [2.45, 2.75) is 158 Å². The van der Waals surface area contributed by atoms with E-state index in [1.165, 1.54) is 57.6 Å². The number of imidazole rings is 1. The quantitative estimate of drug-likeness (QED) is 0.0951. The molecule has 0 saturated heterocycles. The van der Waals surface area contributed by atoms with Crippen LogP contribution in [-0.4, -0.2) is 21.4 Å². The third kappa shape index (κ3) is 12.6. The van der Waals surface area contributed by atoms with E-state index < -0.39 is 0 Å². The van der Waals surface area contributed by atoms with Gasteiger partial charge in [-0.05, 0) is 107 Å². The van der Waals surface area contributed by atoms with Crippen LogP contribution in [0.4, 0.5) is 5.69 Å². The van der Waals surface area contributed by atoms with Gasteiger partial charge < -0.3 is 34.7 Å². The van der Waals surface area contributed by atoms with Crippen molar-refractivity contribution in [2.24, 2.45) is 4.99 Å². The molecule has 5 nitrogen and oxygen atoms in total. The first kappa shape index (κ1) is 51.8. The van der Waals surface area contributed by atoms with Crippen LogP contribution in [0.3, 0.4) is 0 Å². The molecule has 0 radical (unpaired) electrons. The van der Waals surface area contributed by atoms with E-state index in [2.05, 4.69) is 151 Å². The zero-order valence-electron chi connectivity index (χ0n) is 38.4. The van der Waals surface area contributed by atoms with Gasteiger partial charge in [0.05, 0.1) is 0 Å². The zero-order chi connectivity index (χ0) is 39.7. The van der Waals surface area contributed by atoms with Crippen molar-refractivity contribution in [3.05, 3.63) is 143 Å². The summed E-state index contributed by atoms with van der Waals surface area (Å²) in [6, 6.07) is 19.6. The Morgan fingerprint density at radius 3 is 1.33 bits per heavy atom. The topological polar surface area (TPSA) is 58.6 Å². The predicted octanol–water partition coefficient (Wildman–Crippen LogP) is 15.4. The molecule has 0 amide bonds. The fourth-order valence-corrected chi connectivity index (χ4v) is 7.47. The molecule has 0 unspecified atom stereocenters. The van der Waals surface area contributed by atoms with Crippen molar-refractivity contribution < 1.29 is 26.2 Å². The molecule has 0 fully saturated rings. The number of para-hydroxylation sites is 3. The van der Waals surface area contributed by atoms with Gasteiger partial charge in [-0.15, -0.1) is 11.4 Å². The summed E-state index contributed by atoms with van der Waals surface area (Å²) in [7, 11) is 0. The summed E-state index contributed by atoms with van der Waals surface area (Å²) in [5, 5.41) is 16.6. The fraction of sp³-hybridized carbons (Fsp3) is 0.490. The Kier molecular flexibility index (Phi) is 21.8. The van der Waals surface area contributed by atoms with Gasteiger partial charge in [0, 0.05) is 17.9 Å². The number of allylic oxidation sites excluding steroid dienone is 2. The molecule has 1 heterocycles. The number of rotatable bonds is 13. The van der Waals surface area contributed by atoms with Crippen LogP contribution < -0.4 is 5.62 Å². The van der Waals surface area contributed by atoms with E-state index in [0.29, 0.717) is 35.5 Å². The van der Waals surface area contributed by atoms with Crippen LogP contribution in [0.25, 0.3) is 22.1 Å². The van der Waals surface area contributed by atoms with Gasteiger partial charge in [-0.2, -0.15) is 0 Å². The molecule has 0 atom stereocenters. The summed E-state index contributed by atoms with van der Waals surface area (Å²) in [5.74, 6) is 2.41. The molecule has 1 aliphatic carbocycles. The van der Waals surface area contributed by atoms with Gasteiger partial charge in [-0.1, -0.05) is 168 Å². The number of nitrogens with zero attached hydrogens (tertiary/aromatic N) is 5. The van der Waals surface area contributed by atoms with E-state index in [1.54, 1.807) is 0 Å². The summed E-state index contributed by atoms with van der Waals surface area (Å²) in [6.45, 7) is 29.9. The van der Waals surface area contributed by atoms with E-state index in [-0.39, 0.29) is 46.7 Å². The molecule has 5 rings (SSSR count). The minimum atomic E-state index is 0. The zero-order valence-corrected chi connectivity index (χ0v) is 40.8. The smallest absolute Gasteiger partial charge is 0.656 e. The molecule has 1 aromatic heterocycles. The van der Waals surface area contributed by atoms with Gasteiger partial charge >= 0.3 is 26.2 Å². The third-order valence-corrected chi connectivity index (χ3v) is 10.6. The summed E-state index contributed by atoms with van der Waals surface area (Å²) in [6.07, 6.45) is 12.0. The Labute approximate surface area is 368 Å². The first-order chi connectivity index (χ1) is 25.7. The van der Waals surface area contributed by atoms with Crippen LogP contribution in [0.5, 0.6) is 0 Å². The number of aromatic nitrogens is 2. The minimum absolute atomic E-state index is 0. The molecule has 1 aliphatic rings. The molecule has 3 aromatic carbocycles. The maximum absolute atomic E-state index is 11.5. The van der Waals surface area contributed by atoms with Gasteiger partial charge in [-0.3, -0.25) is 4.99 Å². The summed E-state index contributed by atoms with van der Waals surface area (Å²) in [5.41, 5.74) is 13.7. The van der Waals surface area contributed by atoms with Gasteiger partial charge in [0.2, 0.25) is 0 Å². The molecule has 0 saturated carbocycles. The molecule has 0 bridgehead atoms. The Bertz CT molecular complexity index is 1790. The molecule has 4 aromatic rings. The predicted molar refractivity (Wildman–Crippen MR) is 248 cm³/mol. The number of hydrogen-bond donors (Lipinski definition) is 0. The van der Waals surface area contributed by atoms with E-state index >= 15 is 0 Å². The second-order valence-electron chi connectivity index (χ2n) is 16.9. The average Bonchev–Trinajstić information content (AvgIpc) is 3.51. The average molecular weight is 849 g/mol. The SMILES string of the molecule is CC(C)c1cccc(C(C)C)c1-n1ccn(-c2c(C(C)C)cccc2C(C)C)c1=[N-].CCCCN=C1CCCC=C1[N-]c1c(C(C)C)cccc1C(C)C.[CH3-].[CH3-].[Zr+4]. The van der Waals surface area contributed by atoms with E-state index in [0.717, 1.165) is 42.9 Å². The number of unbranched alkanes of at least 4 members (excludes halogenated alkanes) is 1. The molecular weight excluding hydrogens is 774 g/mol. The van der Waals surface area contributed by atoms with Crippen LogP contribution in [0.15, 0.2) is 83.8 Å². The van der Waals surface area contributed by atoms with Crippen LogP contribution in [0.2, 0.25) is 0 Å². The number of hydrogen-bond acceptors (Lipinski definition) is 1. The number of benzene rings is 3. The summed E-state index contributed by atoms with van der Waals surface area (Å²) in [4.78, 5) is 4.85. The molecule has 6 heteroatoms. The molecule has 0 N–H and O–H groups in total. The number of aliphatic imine (C=N–C) groups is 1. The molecule has 57 heavy (non-hydrogen) atoms. The second kappa shape index (κ2) is 24.0. The van der Waals surface area contributed by atoms with Crippen LogP contribution in [0, 0.1) is 14.9 Å². The maximum Gasteiger partial charge on any atom is 4.00 e. The van der Waals surface area contributed by atoms with Crippen molar-refractivity contribution in [3.63, 3.8) is 0 Å². The van der Waals surface area contributed by atoms with Crippen molar-refractivity contribution in [1.82, 2.24) is 9.13 Å². The van der Waals surface area contributed by atoms with E-state index in [4.69, 9.17) is 10.3 Å². The molecule has 0 aliphatic heterocycles. The van der Waals surface area contributed by atoms with E-state index in [1.807, 2.05) is 21.5 Å². The van der Waals surface area contributed by atoms with Crippen LogP contribution in [0.1, 0.15) is 191 Å². The monoisotopic (exact) mass is 848 g/mol. The Morgan fingerprint density at radius 2 is 0.982 bits per heavy atom. The largest absolute Gasteiger partial charge is 4.00 e. The second-order valence-corrected chi connectivity index (χ2v) is 16.9. The third-order valence-electron chi connectivity index (χ3n) is 10.6.